The van der Waals surface area contributed by atoms with E-state index in [1.165, 1.54) is 16.7 Å². The van der Waals surface area contributed by atoms with E-state index in [1.807, 2.05) is 70.3 Å². The van der Waals surface area contributed by atoms with Crippen molar-refractivity contribution in [2.75, 3.05) is 0 Å². The minimum atomic E-state index is -0.897. The monoisotopic (exact) mass is 794 g/mol. The van der Waals surface area contributed by atoms with E-state index in [-0.39, 0.29) is 11.2 Å². The summed E-state index contributed by atoms with van der Waals surface area (Å²) in [7, 11) is 0. The number of aromatic nitrogens is 3. The van der Waals surface area contributed by atoms with Crippen LogP contribution in [0.2, 0.25) is 0 Å². The molecule has 2 heterocycles. The summed E-state index contributed by atoms with van der Waals surface area (Å²) in [4.78, 5) is 10.4. The van der Waals surface area contributed by atoms with Gasteiger partial charge in [0.05, 0.1) is 22.3 Å². The Bertz CT molecular complexity index is 3100. The molecule has 61 heavy (non-hydrogen) atoms. The van der Waals surface area contributed by atoms with Crippen LogP contribution in [0.25, 0.3) is 83.9 Å². The Labute approximate surface area is 361 Å². The first-order valence-corrected chi connectivity index (χ1v) is 21.0. The smallest absolute Gasteiger partial charge is 0.149 e. The highest BCUT2D eigenvalue weighted by atomic mass is 16.3. The van der Waals surface area contributed by atoms with Crippen LogP contribution in [0.4, 0.5) is 0 Å². The SMILES string of the molecule is [2H]C(C)(C)c1cc(-n2c(-c3cc(C)cc(C)c3O)nc3c(-c4cc(-c5cc(-c6ccc(-c7ccccc7)cc6)ccn5)cc(C(C)(C)C)c4)cccc32)ccc1-c1ccccc1. The molecule has 0 unspecified atom stereocenters. The first-order valence-electron chi connectivity index (χ1n) is 21.5. The molecule has 0 bridgehead atoms. The molecule has 4 heteroatoms. The van der Waals surface area contributed by atoms with Gasteiger partial charge in [-0.05, 0) is 135 Å². The Kier molecular flexibility index (Phi) is 9.92. The Morgan fingerprint density at radius 2 is 1.23 bits per heavy atom. The lowest BCUT2D eigenvalue weighted by molar-refractivity contribution is 0.472. The number of nitrogens with zero attached hydrogens (tertiary/aromatic N) is 3. The standard InChI is InChI=1S/C57H51N3O/c1-36(2)50-35-47(25-26-48(50)42-17-12-9-13-18-42)60-53-20-14-19-49(54(53)59-56(60)51-30-37(3)29-38(4)55(51)61)44-31-45(33-46(32-44)57(5,6)7)52-34-43(27-28-58-52)41-23-21-40(22-24-41)39-15-10-8-11-16-39/h8-36,61H,1-7H3/i36D. The Balaban J connectivity index is 1.23. The largest absolute Gasteiger partial charge is 0.507 e. The third-order valence-corrected chi connectivity index (χ3v) is 11.7. The number of rotatable bonds is 8. The van der Waals surface area contributed by atoms with E-state index in [2.05, 4.69) is 153 Å². The highest BCUT2D eigenvalue weighted by molar-refractivity contribution is 5.97. The lowest BCUT2D eigenvalue weighted by Gasteiger charge is -2.22. The van der Waals surface area contributed by atoms with Gasteiger partial charge in [0.15, 0.2) is 0 Å². The van der Waals surface area contributed by atoms with Gasteiger partial charge in [-0.25, -0.2) is 4.98 Å². The number of hydrogen-bond acceptors (Lipinski definition) is 3. The molecular weight excluding hydrogens is 743 g/mol. The van der Waals surface area contributed by atoms with Gasteiger partial charge >= 0.3 is 0 Å². The van der Waals surface area contributed by atoms with Crippen molar-refractivity contribution in [1.82, 2.24) is 14.5 Å². The van der Waals surface area contributed by atoms with Gasteiger partial charge in [0.25, 0.3) is 0 Å². The minimum Gasteiger partial charge on any atom is -0.507 e. The molecule has 0 spiro atoms. The van der Waals surface area contributed by atoms with E-state index in [9.17, 15) is 6.48 Å². The highest BCUT2D eigenvalue weighted by Crippen LogP contribution is 2.42. The zero-order valence-electron chi connectivity index (χ0n) is 37.0. The van der Waals surface area contributed by atoms with Gasteiger partial charge in [-0.15, -0.1) is 0 Å². The molecule has 4 nitrogen and oxygen atoms in total. The average Bonchev–Trinajstić information content (AvgIpc) is 3.67. The molecule has 0 fully saturated rings. The summed E-state index contributed by atoms with van der Waals surface area (Å²) in [6.07, 6.45) is 1.90. The summed E-state index contributed by atoms with van der Waals surface area (Å²) in [6.45, 7) is 14.6. The summed E-state index contributed by atoms with van der Waals surface area (Å²) in [5, 5.41) is 11.7. The molecule has 2 aromatic heterocycles. The van der Waals surface area contributed by atoms with Gasteiger partial charge in [-0.2, -0.15) is 0 Å². The van der Waals surface area contributed by atoms with Crippen LogP contribution in [0.15, 0.2) is 170 Å². The molecule has 0 aliphatic heterocycles. The van der Waals surface area contributed by atoms with Gasteiger partial charge < -0.3 is 5.11 Å². The van der Waals surface area contributed by atoms with Crippen LogP contribution in [-0.2, 0) is 5.41 Å². The summed E-state index contributed by atoms with van der Waals surface area (Å²) >= 11 is 0. The summed E-state index contributed by atoms with van der Waals surface area (Å²) < 4.78 is 11.4. The fourth-order valence-electron chi connectivity index (χ4n) is 8.48. The molecule has 7 aromatic carbocycles. The molecule has 0 amide bonds. The predicted molar refractivity (Wildman–Crippen MR) is 255 cm³/mol. The molecule has 0 aliphatic rings. The third-order valence-electron chi connectivity index (χ3n) is 11.7. The average molecular weight is 795 g/mol. The summed E-state index contributed by atoms with van der Waals surface area (Å²) in [6, 6.07) is 57.2. The number of phenols is 1. The number of aryl methyl sites for hydroxylation is 2. The van der Waals surface area contributed by atoms with Crippen LogP contribution < -0.4 is 0 Å². The number of fused-ring (bicyclic) bond motifs is 1. The second-order valence-corrected chi connectivity index (χ2v) is 17.4. The number of hydrogen-bond donors (Lipinski definition) is 1. The molecule has 0 aliphatic carbocycles. The first-order chi connectivity index (χ1) is 29.7. The van der Waals surface area contributed by atoms with Gasteiger partial charge in [-0.3, -0.25) is 9.55 Å². The number of pyridine rings is 1. The van der Waals surface area contributed by atoms with Crippen LogP contribution in [0.5, 0.6) is 5.75 Å². The van der Waals surface area contributed by atoms with Crippen LogP contribution >= 0.6 is 0 Å². The minimum absolute atomic E-state index is 0.154. The number of para-hydroxylation sites is 1. The Morgan fingerprint density at radius 1 is 0.574 bits per heavy atom. The van der Waals surface area contributed by atoms with Crippen molar-refractivity contribution in [1.29, 1.82) is 0 Å². The molecule has 0 saturated carbocycles. The Hall–Kier alpha value is -7.04. The summed E-state index contributed by atoms with van der Waals surface area (Å²) in [5.41, 5.74) is 17.6. The van der Waals surface area contributed by atoms with Gasteiger partial charge in [-0.1, -0.05) is 150 Å². The molecule has 9 rings (SSSR count). The zero-order chi connectivity index (χ0) is 43.3. The molecule has 0 radical (unpaired) electrons. The van der Waals surface area contributed by atoms with E-state index >= 15 is 0 Å². The molecule has 9 aromatic rings. The van der Waals surface area contributed by atoms with Crippen molar-refractivity contribution >= 4 is 11.0 Å². The van der Waals surface area contributed by atoms with E-state index < -0.39 is 5.89 Å². The van der Waals surface area contributed by atoms with E-state index in [1.54, 1.807) is 0 Å². The number of aromatic hydroxyl groups is 1. The molecule has 0 atom stereocenters. The topological polar surface area (TPSA) is 50.9 Å². The number of imidazole rings is 1. The second-order valence-electron chi connectivity index (χ2n) is 17.4. The lowest BCUT2D eigenvalue weighted by atomic mass is 9.83. The molecular formula is C57H51N3O. The van der Waals surface area contributed by atoms with Crippen LogP contribution in [0, 0.1) is 13.8 Å². The van der Waals surface area contributed by atoms with Crippen LogP contribution in [0.3, 0.4) is 0 Å². The second kappa shape index (κ2) is 15.9. The van der Waals surface area contributed by atoms with Crippen molar-refractivity contribution in [3.63, 3.8) is 0 Å². The van der Waals surface area contributed by atoms with Gasteiger partial charge in [0, 0.05) is 24.4 Å². The fraction of sp³-hybridized carbons (Fsp3) is 0.158. The highest BCUT2D eigenvalue weighted by Gasteiger charge is 2.24. The molecule has 0 saturated heterocycles. The van der Waals surface area contributed by atoms with Gasteiger partial charge in [0.1, 0.15) is 11.6 Å². The number of benzene rings is 7. The fourth-order valence-corrected chi connectivity index (χ4v) is 8.48. The maximum Gasteiger partial charge on any atom is 0.149 e. The Morgan fingerprint density at radius 3 is 1.92 bits per heavy atom. The van der Waals surface area contributed by atoms with Crippen molar-refractivity contribution < 1.29 is 6.48 Å². The van der Waals surface area contributed by atoms with Crippen molar-refractivity contribution in [2.45, 2.75) is 59.8 Å². The zero-order valence-corrected chi connectivity index (χ0v) is 36.0. The quantitative estimate of drug-likeness (QED) is 0.167. The van der Waals surface area contributed by atoms with E-state index in [0.29, 0.717) is 11.4 Å². The van der Waals surface area contributed by atoms with Crippen molar-refractivity contribution in [3.8, 4) is 78.6 Å². The summed E-state index contributed by atoms with van der Waals surface area (Å²) in [5.74, 6) is -0.0581. The number of phenolic OH excluding ortho intramolecular Hbond substituents is 1. The van der Waals surface area contributed by atoms with E-state index in [0.717, 1.165) is 78.0 Å². The van der Waals surface area contributed by atoms with Crippen LogP contribution in [0.1, 0.15) is 64.1 Å². The van der Waals surface area contributed by atoms with Crippen LogP contribution in [-0.4, -0.2) is 19.6 Å². The third kappa shape index (κ3) is 7.66. The van der Waals surface area contributed by atoms with Crippen molar-refractivity contribution in [3.05, 3.63) is 192 Å². The van der Waals surface area contributed by atoms with Gasteiger partial charge in [0.2, 0.25) is 0 Å². The van der Waals surface area contributed by atoms with Crippen molar-refractivity contribution in [2.24, 2.45) is 0 Å². The first kappa shape index (κ1) is 38.2. The molecule has 1 N–H and O–H groups in total. The molecule has 300 valence electrons. The maximum atomic E-state index is 11.7. The van der Waals surface area contributed by atoms with E-state index in [4.69, 9.17) is 9.97 Å². The maximum absolute atomic E-state index is 11.7. The lowest BCUT2D eigenvalue weighted by Crippen LogP contribution is -2.11. The predicted octanol–water partition coefficient (Wildman–Crippen LogP) is 15.2. The normalized spacial score (nSPS) is 12.1.